The standard InChI is InChI=1S/C13H21N3O3S/c1-2-3-11-14-13(20-15-11)16-7-4-10(5-8-16)19-9-6-12(17)18/h10H,2-9H2,1H3,(H,17,18). The zero-order valence-corrected chi connectivity index (χ0v) is 12.6. The Bertz CT molecular complexity index is 430. The van der Waals surface area contributed by atoms with E-state index in [0.717, 1.165) is 49.7 Å². The molecule has 0 atom stereocenters. The molecule has 0 aromatic carbocycles. The highest BCUT2D eigenvalue weighted by molar-refractivity contribution is 7.09. The summed E-state index contributed by atoms with van der Waals surface area (Å²) < 4.78 is 9.94. The van der Waals surface area contributed by atoms with Gasteiger partial charge in [-0.3, -0.25) is 4.79 Å². The van der Waals surface area contributed by atoms with Gasteiger partial charge in [-0.2, -0.15) is 4.37 Å². The first kappa shape index (κ1) is 15.2. The number of carboxylic acid groups (broad SMARTS) is 1. The van der Waals surface area contributed by atoms with Crippen molar-refractivity contribution >= 4 is 22.6 Å². The summed E-state index contributed by atoms with van der Waals surface area (Å²) in [6, 6.07) is 0. The lowest BCUT2D eigenvalue weighted by atomic mass is 10.1. The van der Waals surface area contributed by atoms with Crippen molar-refractivity contribution in [2.75, 3.05) is 24.6 Å². The van der Waals surface area contributed by atoms with E-state index < -0.39 is 5.97 Å². The van der Waals surface area contributed by atoms with Crippen molar-refractivity contribution in [2.24, 2.45) is 0 Å². The quantitative estimate of drug-likeness (QED) is 0.829. The van der Waals surface area contributed by atoms with E-state index in [1.165, 1.54) is 11.5 Å². The SMILES string of the molecule is CCCc1nsc(N2CCC(OCCC(=O)O)CC2)n1. The van der Waals surface area contributed by atoms with Gasteiger partial charge in [0.05, 0.1) is 19.1 Å². The van der Waals surface area contributed by atoms with Gasteiger partial charge in [0.2, 0.25) is 5.13 Å². The molecule has 0 saturated carbocycles. The van der Waals surface area contributed by atoms with E-state index in [4.69, 9.17) is 9.84 Å². The number of ether oxygens (including phenoxy) is 1. The molecule has 1 aromatic heterocycles. The van der Waals surface area contributed by atoms with E-state index >= 15 is 0 Å². The molecule has 112 valence electrons. The van der Waals surface area contributed by atoms with Crippen LogP contribution in [0.5, 0.6) is 0 Å². The van der Waals surface area contributed by atoms with Crippen molar-refractivity contribution in [2.45, 2.75) is 45.1 Å². The third-order valence-electron chi connectivity index (χ3n) is 3.31. The number of nitrogens with zero attached hydrogens (tertiary/aromatic N) is 3. The van der Waals surface area contributed by atoms with Crippen LogP contribution in [0.25, 0.3) is 0 Å². The lowest BCUT2D eigenvalue weighted by molar-refractivity contribution is -0.138. The van der Waals surface area contributed by atoms with Crippen molar-refractivity contribution in [3.8, 4) is 0 Å². The van der Waals surface area contributed by atoms with E-state index in [9.17, 15) is 4.79 Å². The van der Waals surface area contributed by atoms with E-state index in [1.807, 2.05) is 0 Å². The number of carbonyl (C=O) groups is 1. The molecule has 2 heterocycles. The Morgan fingerprint density at radius 3 is 2.90 bits per heavy atom. The average Bonchev–Trinajstić information content (AvgIpc) is 2.88. The summed E-state index contributed by atoms with van der Waals surface area (Å²) in [5, 5.41) is 9.58. The Morgan fingerprint density at radius 2 is 2.25 bits per heavy atom. The molecule has 0 amide bonds. The Kier molecular flexibility index (Phi) is 5.72. The normalized spacial score (nSPS) is 16.6. The van der Waals surface area contributed by atoms with Gasteiger partial charge in [0.25, 0.3) is 0 Å². The summed E-state index contributed by atoms with van der Waals surface area (Å²) in [7, 11) is 0. The van der Waals surface area contributed by atoms with Gasteiger partial charge in [-0.25, -0.2) is 4.98 Å². The molecule has 0 bridgehead atoms. The number of hydrogen-bond acceptors (Lipinski definition) is 6. The van der Waals surface area contributed by atoms with Crippen LogP contribution in [-0.2, 0) is 16.0 Å². The zero-order chi connectivity index (χ0) is 14.4. The summed E-state index contributed by atoms with van der Waals surface area (Å²) in [6.45, 7) is 4.23. The number of carboxylic acids is 1. The number of piperidine rings is 1. The molecule has 0 aliphatic carbocycles. The van der Waals surface area contributed by atoms with Gasteiger partial charge >= 0.3 is 5.97 Å². The van der Waals surface area contributed by atoms with Crippen molar-refractivity contribution in [3.05, 3.63) is 5.82 Å². The molecule has 0 radical (unpaired) electrons. The monoisotopic (exact) mass is 299 g/mol. The Hall–Kier alpha value is -1.21. The maximum atomic E-state index is 10.4. The van der Waals surface area contributed by atoms with Crippen molar-refractivity contribution < 1.29 is 14.6 Å². The third-order valence-corrected chi connectivity index (χ3v) is 4.13. The summed E-state index contributed by atoms with van der Waals surface area (Å²) >= 11 is 1.47. The second-order valence-electron chi connectivity index (χ2n) is 4.94. The van der Waals surface area contributed by atoms with Crippen LogP contribution in [0.4, 0.5) is 5.13 Å². The van der Waals surface area contributed by atoms with Crippen molar-refractivity contribution in [3.63, 3.8) is 0 Å². The fourth-order valence-electron chi connectivity index (χ4n) is 2.22. The molecule has 1 fully saturated rings. The predicted octanol–water partition coefficient (Wildman–Crippen LogP) is 1.95. The van der Waals surface area contributed by atoms with Gasteiger partial charge in [-0.05, 0) is 19.3 Å². The topological polar surface area (TPSA) is 75.6 Å². The minimum atomic E-state index is -0.806. The largest absolute Gasteiger partial charge is 0.481 e. The third kappa shape index (κ3) is 4.42. The summed E-state index contributed by atoms with van der Waals surface area (Å²) in [5.41, 5.74) is 0. The molecule has 0 unspecified atom stereocenters. The molecule has 1 N–H and O–H groups in total. The van der Waals surface area contributed by atoms with Crippen molar-refractivity contribution in [1.82, 2.24) is 9.36 Å². The van der Waals surface area contributed by atoms with Crippen LogP contribution in [0.15, 0.2) is 0 Å². The molecule has 6 nitrogen and oxygen atoms in total. The zero-order valence-electron chi connectivity index (χ0n) is 11.7. The molecule has 0 spiro atoms. The van der Waals surface area contributed by atoms with Crippen LogP contribution >= 0.6 is 11.5 Å². The van der Waals surface area contributed by atoms with Crippen molar-refractivity contribution in [1.29, 1.82) is 0 Å². The van der Waals surface area contributed by atoms with Crippen LogP contribution < -0.4 is 4.90 Å². The van der Waals surface area contributed by atoms with Gasteiger partial charge in [-0.1, -0.05) is 6.92 Å². The average molecular weight is 299 g/mol. The molecule has 7 heteroatoms. The first-order chi connectivity index (χ1) is 9.69. The molecule has 20 heavy (non-hydrogen) atoms. The number of hydrogen-bond donors (Lipinski definition) is 1. The first-order valence-corrected chi connectivity index (χ1v) is 7.87. The van der Waals surface area contributed by atoms with E-state index in [0.29, 0.717) is 6.61 Å². The number of aromatic nitrogens is 2. The number of anilines is 1. The van der Waals surface area contributed by atoms with E-state index in [2.05, 4.69) is 21.2 Å². The maximum Gasteiger partial charge on any atom is 0.305 e. The highest BCUT2D eigenvalue weighted by Gasteiger charge is 2.22. The molecule has 1 aromatic rings. The van der Waals surface area contributed by atoms with Crippen LogP contribution in [-0.4, -0.2) is 46.2 Å². The minimum Gasteiger partial charge on any atom is -0.481 e. The second-order valence-corrected chi connectivity index (χ2v) is 5.67. The summed E-state index contributed by atoms with van der Waals surface area (Å²) in [6.07, 6.45) is 4.09. The van der Waals surface area contributed by atoms with E-state index in [-0.39, 0.29) is 12.5 Å². The van der Waals surface area contributed by atoms with E-state index in [1.54, 1.807) is 0 Å². The predicted molar refractivity (Wildman–Crippen MR) is 77.3 cm³/mol. The molecule has 1 saturated heterocycles. The highest BCUT2D eigenvalue weighted by atomic mass is 32.1. The highest BCUT2D eigenvalue weighted by Crippen LogP contribution is 2.23. The van der Waals surface area contributed by atoms with Gasteiger partial charge in [0, 0.05) is 31.0 Å². The Balaban J connectivity index is 1.74. The Labute approximate surface area is 122 Å². The molecular formula is C13H21N3O3S. The maximum absolute atomic E-state index is 10.4. The molecule has 2 rings (SSSR count). The van der Waals surface area contributed by atoms with Gasteiger partial charge < -0.3 is 14.7 Å². The molecular weight excluding hydrogens is 278 g/mol. The number of aliphatic carboxylic acids is 1. The summed E-state index contributed by atoms with van der Waals surface area (Å²) in [4.78, 5) is 17.2. The number of rotatable bonds is 7. The van der Waals surface area contributed by atoms with Crippen LogP contribution in [0.2, 0.25) is 0 Å². The summed E-state index contributed by atoms with van der Waals surface area (Å²) in [5.74, 6) is 0.132. The smallest absolute Gasteiger partial charge is 0.305 e. The fourth-order valence-corrected chi connectivity index (χ4v) is 2.99. The lowest BCUT2D eigenvalue weighted by Gasteiger charge is -2.31. The van der Waals surface area contributed by atoms with Gasteiger partial charge in [-0.15, -0.1) is 0 Å². The molecule has 1 aliphatic heterocycles. The lowest BCUT2D eigenvalue weighted by Crippen LogP contribution is -2.37. The van der Waals surface area contributed by atoms with Gasteiger partial charge in [0.1, 0.15) is 5.82 Å². The second kappa shape index (κ2) is 7.54. The fraction of sp³-hybridized carbons (Fsp3) is 0.769. The van der Waals surface area contributed by atoms with Crippen LogP contribution in [0.1, 0.15) is 38.4 Å². The minimum absolute atomic E-state index is 0.0803. The Morgan fingerprint density at radius 1 is 1.50 bits per heavy atom. The van der Waals surface area contributed by atoms with Crippen LogP contribution in [0, 0.1) is 0 Å². The first-order valence-electron chi connectivity index (χ1n) is 7.10. The van der Waals surface area contributed by atoms with Crippen LogP contribution in [0.3, 0.4) is 0 Å². The number of aryl methyl sites for hydroxylation is 1. The molecule has 1 aliphatic rings. The van der Waals surface area contributed by atoms with Gasteiger partial charge in [0.15, 0.2) is 0 Å².